The van der Waals surface area contributed by atoms with Crippen molar-refractivity contribution < 1.29 is 19.5 Å². The topological polar surface area (TPSA) is 17.1 Å². The Kier molecular flexibility index (Phi) is 12.3. The number of rotatable bonds is 2. The zero-order valence-corrected chi connectivity index (χ0v) is 8.29. The molecule has 1 rings (SSSR count). The third kappa shape index (κ3) is 6.25. The van der Waals surface area contributed by atoms with E-state index in [-0.39, 0.29) is 7.43 Å². The average Bonchev–Trinajstić information content (AvgIpc) is 2.11. The van der Waals surface area contributed by atoms with E-state index in [0.717, 1.165) is 12.8 Å². The molecule has 1 nitrogen and oxygen atoms in total. The van der Waals surface area contributed by atoms with Crippen LogP contribution in [0.5, 0.6) is 0 Å². The Morgan fingerprint density at radius 1 is 1.17 bits per heavy atom. The van der Waals surface area contributed by atoms with Crippen molar-refractivity contribution in [2.75, 3.05) is 0 Å². The summed E-state index contributed by atoms with van der Waals surface area (Å²) in [4.78, 5) is 0. The normalized spacial score (nSPS) is 7.50. The average molecular weight is 209 g/mol. The molecule has 0 radical (unpaired) electrons. The van der Waals surface area contributed by atoms with Crippen LogP contribution in [0.1, 0.15) is 12.0 Å². The molecule has 0 aliphatic carbocycles. The van der Waals surface area contributed by atoms with Crippen LogP contribution in [0.3, 0.4) is 0 Å². The summed E-state index contributed by atoms with van der Waals surface area (Å²) in [7, 11) is 0. The van der Waals surface area contributed by atoms with E-state index < -0.39 is 0 Å². The van der Waals surface area contributed by atoms with Crippen LogP contribution in [0, 0.1) is 14.4 Å². The molecule has 0 N–H and O–H groups in total. The first-order chi connectivity index (χ1) is 5.43. The fourth-order valence-electron chi connectivity index (χ4n) is 0.849. The molecule has 0 heterocycles. The molecule has 12 heavy (non-hydrogen) atoms. The van der Waals surface area contributed by atoms with Gasteiger partial charge in [0.15, 0.2) is 0 Å². The van der Waals surface area contributed by atoms with E-state index in [1.165, 1.54) is 5.56 Å². The molecular formula is C10H14CoO-2. The van der Waals surface area contributed by atoms with Gasteiger partial charge in [0.2, 0.25) is 0 Å². The summed E-state index contributed by atoms with van der Waals surface area (Å²) in [5, 5.41) is 0. The third-order valence-corrected chi connectivity index (χ3v) is 1.31. The van der Waals surface area contributed by atoms with E-state index in [1.54, 1.807) is 0 Å². The molecule has 71 valence electrons. The summed E-state index contributed by atoms with van der Waals surface area (Å²) < 4.78 is 7.94. The Bertz CT molecular complexity index is 174. The first-order valence-electron chi connectivity index (χ1n) is 3.40. The van der Waals surface area contributed by atoms with E-state index >= 15 is 0 Å². The van der Waals surface area contributed by atoms with E-state index in [0.29, 0.717) is 0 Å². The van der Waals surface area contributed by atoms with Gasteiger partial charge in [-0.3, -0.25) is 0 Å². The first-order valence-corrected chi connectivity index (χ1v) is 3.83. The molecule has 0 saturated heterocycles. The molecule has 0 amide bonds. The van der Waals surface area contributed by atoms with Crippen LogP contribution in [0.25, 0.3) is 0 Å². The van der Waals surface area contributed by atoms with Gasteiger partial charge in [0.1, 0.15) is 0 Å². The van der Waals surface area contributed by atoms with Gasteiger partial charge in [-0.2, -0.15) is 6.42 Å². The number of aryl methyl sites for hydroxylation is 1. The van der Waals surface area contributed by atoms with Crippen LogP contribution in [-0.4, -0.2) is 0 Å². The molecule has 0 saturated carbocycles. The monoisotopic (exact) mass is 209 g/mol. The Morgan fingerprint density at radius 3 is 2.08 bits per heavy atom. The molecule has 0 fully saturated rings. The predicted molar refractivity (Wildman–Crippen MR) is 47.2 cm³/mol. The summed E-state index contributed by atoms with van der Waals surface area (Å²) in [6, 6.07) is 10.4. The summed E-state index contributed by atoms with van der Waals surface area (Å²) in [5.74, 6) is 0. The SMILES string of the molecule is [CH2-]CCc1ccccc1.[CH3-].[O]=[Co]. The standard InChI is InChI=1S/C9H11.CH3.Co.O/c1-2-6-9-7-4-3-5-8-9;;;/h3-5,7-8H,1-2,6H2;1H3;;/q2*-1;;. The van der Waals surface area contributed by atoms with Crippen LogP contribution in [-0.2, 0) is 26.0 Å². The van der Waals surface area contributed by atoms with Gasteiger partial charge in [0.25, 0.3) is 0 Å². The van der Waals surface area contributed by atoms with Crippen molar-refractivity contribution in [3.63, 3.8) is 0 Å². The molecule has 2 heteroatoms. The molecule has 0 bridgehead atoms. The van der Waals surface area contributed by atoms with Gasteiger partial charge in [-0.05, 0) is 0 Å². The van der Waals surface area contributed by atoms with Crippen molar-refractivity contribution in [1.29, 1.82) is 0 Å². The van der Waals surface area contributed by atoms with Gasteiger partial charge in [-0.15, -0.1) is 0 Å². The Balaban J connectivity index is 0. The number of hydrogen-bond donors (Lipinski definition) is 0. The second-order valence-corrected chi connectivity index (χ2v) is 2.09. The Hall–Kier alpha value is -0.474. The van der Waals surface area contributed by atoms with E-state index in [2.05, 4.69) is 46.9 Å². The van der Waals surface area contributed by atoms with Gasteiger partial charge in [0, 0.05) is 0 Å². The molecule has 0 aromatic heterocycles. The maximum atomic E-state index is 7.94. The van der Waals surface area contributed by atoms with E-state index in [1.807, 2.05) is 6.07 Å². The molecule has 0 spiro atoms. The van der Waals surface area contributed by atoms with Gasteiger partial charge >= 0.3 is 19.5 Å². The zero-order valence-electron chi connectivity index (χ0n) is 7.25. The summed E-state index contributed by atoms with van der Waals surface area (Å²) in [6.45, 7) is 3.78. The minimum absolute atomic E-state index is 0. The van der Waals surface area contributed by atoms with Crippen LogP contribution >= 0.6 is 0 Å². The van der Waals surface area contributed by atoms with Crippen LogP contribution in [0.4, 0.5) is 0 Å². The van der Waals surface area contributed by atoms with Crippen LogP contribution in [0.2, 0.25) is 0 Å². The number of hydrogen-bond acceptors (Lipinski definition) is 1. The molecule has 0 unspecified atom stereocenters. The van der Waals surface area contributed by atoms with Crippen molar-refractivity contribution in [3.05, 3.63) is 50.2 Å². The van der Waals surface area contributed by atoms with Gasteiger partial charge in [0.05, 0.1) is 0 Å². The molecule has 0 atom stereocenters. The quantitative estimate of drug-likeness (QED) is 0.684. The van der Waals surface area contributed by atoms with Crippen molar-refractivity contribution >= 4 is 0 Å². The van der Waals surface area contributed by atoms with Gasteiger partial charge < -0.3 is 14.4 Å². The first kappa shape index (κ1) is 14.1. The summed E-state index contributed by atoms with van der Waals surface area (Å²) >= 11 is 2.31. The molecule has 1 aromatic rings. The van der Waals surface area contributed by atoms with E-state index in [4.69, 9.17) is 3.87 Å². The molecule has 0 aliphatic rings. The summed E-state index contributed by atoms with van der Waals surface area (Å²) in [6.07, 6.45) is 2.09. The second-order valence-electron chi connectivity index (χ2n) is 2.09. The maximum absolute atomic E-state index is 7.94. The molecular weight excluding hydrogens is 195 g/mol. The fourth-order valence-corrected chi connectivity index (χ4v) is 0.849. The van der Waals surface area contributed by atoms with Gasteiger partial charge in [-0.25, -0.2) is 0 Å². The molecule has 0 aliphatic heterocycles. The second kappa shape index (κ2) is 10.5. The van der Waals surface area contributed by atoms with Crippen molar-refractivity contribution in [2.24, 2.45) is 0 Å². The zero-order chi connectivity index (χ0) is 8.53. The van der Waals surface area contributed by atoms with Crippen molar-refractivity contribution in [1.82, 2.24) is 0 Å². The number of benzene rings is 1. The fraction of sp³-hybridized carbons (Fsp3) is 0.200. The van der Waals surface area contributed by atoms with Gasteiger partial charge in [-0.1, -0.05) is 42.3 Å². The Labute approximate surface area is 83.0 Å². The van der Waals surface area contributed by atoms with E-state index in [9.17, 15) is 0 Å². The van der Waals surface area contributed by atoms with Crippen molar-refractivity contribution in [3.8, 4) is 0 Å². The Morgan fingerprint density at radius 2 is 1.67 bits per heavy atom. The van der Waals surface area contributed by atoms with Crippen LogP contribution in [0.15, 0.2) is 30.3 Å². The minimum atomic E-state index is 0. The van der Waals surface area contributed by atoms with Crippen molar-refractivity contribution in [2.45, 2.75) is 12.8 Å². The summed E-state index contributed by atoms with van der Waals surface area (Å²) in [5.41, 5.74) is 1.38. The predicted octanol–water partition coefficient (Wildman–Crippen LogP) is 2.78. The molecule has 1 aromatic carbocycles. The van der Waals surface area contributed by atoms with Crippen LogP contribution < -0.4 is 0 Å². The third-order valence-electron chi connectivity index (χ3n) is 1.31.